The van der Waals surface area contributed by atoms with E-state index in [9.17, 15) is 24.5 Å². The summed E-state index contributed by atoms with van der Waals surface area (Å²) in [5.74, 6) is -1.75. The number of esters is 1. The van der Waals surface area contributed by atoms with E-state index < -0.39 is 28.8 Å². The Morgan fingerprint density at radius 3 is 2.18 bits per heavy atom. The number of nitrogens with zero attached hydrogens (tertiary/aromatic N) is 2. The predicted octanol–water partition coefficient (Wildman–Crippen LogP) is 2.64. The fourth-order valence-electron chi connectivity index (χ4n) is 2.65. The van der Waals surface area contributed by atoms with Crippen LogP contribution in [0.2, 0.25) is 0 Å². The van der Waals surface area contributed by atoms with E-state index in [-0.39, 0.29) is 29.8 Å². The number of hydrogen-bond donors (Lipinski definition) is 0. The lowest BCUT2D eigenvalue weighted by atomic mass is 10.1. The molecule has 2 aromatic carbocycles. The number of nitro benzene ring substituents is 1. The average Bonchev–Trinajstić information content (AvgIpc) is 2.92. The van der Waals surface area contributed by atoms with E-state index in [0.29, 0.717) is 10.6 Å². The van der Waals surface area contributed by atoms with Crippen LogP contribution in [0.4, 0.5) is 5.69 Å². The zero-order valence-corrected chi connectivity index (χ0v) is 14.9. The van der Waals surface area contributed by atoms with Gasteiger partial charge in [-0.1, -0.05) is 12.1 Å². The van der Waals surface area contributed by atoms with Crippen LogP contribution in [-0.4, -0.2) is 33.9 Å². The van der Waals surface area contributed by atoms with Crippen LogP contribution in [0.5, 0.6) is 0 Å². The molecular weight excluding hydrogens is 368 g/mol. The van der Waals surface area contributed by atoms with Crippen molar-refractivity contribution in [3.8, 4) is 0 Å². The first-order valence-electron chi connectivity index (χ1n) is 8.40. The van der Waals surface area contributed by atoms with Gasteiger partial charge in [-0.3, -0.25) is 29.3 Å². The maximum Gasteiger partial charge on any atom is 0.308 e. The van der Waals surface area contributed by atoms with Crippen molar-refractivity contribution in [2.24, 2.45) is 0 Å². The Morgan fingerprint density at radius 2 is 1.64 bits per heavy atom. The van der Waals surface area contributed by atoms with Crippen LogP contribution in [-0.2, 0) is 21.0 Å². The number of hydroxylamine groups is 2. The first-order valence-corrected chi connectivity index (χ1v) is 8.40. The van der Waals surface area contributed by atoms with E-state index in [0.717, 1.165) is 0 Å². The molecular formula is C19H16N2O7. The predicted molar refractivity (Wildman–Crippen MR) is 95.0 cm³/mol. The standard InChI is InChI=1S/C19H16N2O7/c1-12(28-20-18(23)15-4-2-3-5-16(15)19(20)24)10-17(22)27-11-13-6-8-14(9-7-13)21(25)26/h2-9,12H,10-11H2,1H3. The Labute approximate surface area is 159 Å². The summed E-state index contributed by atoms with van der Waals surface area (Å²) in [6.07, 6.45) is -0.952. The van der Waals surface area contributed by atoms with Gasteiger partial charge in [0.1, 0.15) is 6.61 Å². The first-order chi connectivity index (χ1) is 13.4. The summed E-state index contributed by atoms with van der Waals surface area (Å²) in [5.41, 5.74) is 1.03. The second kappa shape index (κ2) is 7.97. The Morgan fingerprint density at radius 1 is 1.07 bits per heavy atom. The van der Waals surface area contributed by atoms with Gasteiger partial charge in [0.25, 0.3) is 17.5 Å². The van der Waals surface area contributed by atoms with Gasteiger partial charge in [0.05, 0.1) is 28.6 Å². The third-order valence-electron chi connectivity index (χ3n) is 4.04. The van der Waals surface area contributed by atoms with Gasteiger partial charge in [0.2, 0.25) is 0 Å². The number of nitro groups is 1. The third-order valence-corrected chi connectivity index (χ3v) is 4.04. The Balaban J connectivity index is 1.50. The van der Waals surface area contributed by atoms with Crippen molar-refractivity contribution in [3.05, 3.63) is 75.3 Å². The van der Waals surface area contributed by atoms with Crippen LogP contribution < -0.4 is 0 Å². The maximum absolute atomic E-state index is 12.2. The molecule has 28 heavy (non-hydrogen) atoms. The minimum atomic E-state index is -0.772. The van der Waals surface area contributed by atoms with Gasteiger partial charge in [-0.25, -0.2) is 0 Å². The number of hydrogen-bond acceptors (Lipinski definition) is 7. The van der Waals surface area contributed by atoms with Crippen LogP contribution in [0.15, 0.2) is 48.5 Å². The highest BCUT2D eigenvalue weighted by Crippen LogP contribution is 2.24. The summed E-state index contributed by atoms with van der Waals surface area (Å²) in [6, 6.07) is 12.0. The number of benzene rings is 2. The van der Waals surface area contributed by atoms with E-state index in [2.05, 4.69) is 0 Å². The molecule has 144 valence electrons. The zero-order valence-electron chi connectivity index (χ0n) is 14.9. The van der Waals surface area contributed by atoms with Crippen molar-refractivity contribution < 1.29 is 28.9 Å². The van der Waals surface area contributed by atoms with E-state index in [1.54, 1.807) is 12.1 Å². The summed E-state index contributed by atoms with van der Waals surface area (Å²) >= 11 is 0. The monoisotopic (exact) mass is 384 g/mol. The summed E-state index contributed by atoms with van der Waals surface area (Å²) < 4.78 is 5.10. The highest BCUT2D eigenvalue weighted by Gasteiger charge is 2.37. The van der Waals surface area contributed by atoms with Crippen molar-refractivity contribution in [2.75, 3.05) is 0 Å². The molecule has 1 heterocycles. The van der Waals surface area contributed by atoms with Gasteiger partial charge in [-0.05, 0) is 36.8 Å². The molecule has 0 radical (unpaired) electrons. The number of rotatable bonds is 7. The van der Waals surface area contributed by atoms with Gasteiger partial charge in [0.15, 0.2) is 0 Å². The number of non-ortho nitro benzene ring substituents is 1. The van der Waals surface area contributed by atoms with E-state index in [1.807, 2.05) is 0 Å². The van der Waals surface area contributed by atoms with Crippen molar-refractivity contribution in [3.63, 3.8) is 0 Å². The topological polar surface area (TPSA) is 116 Å². The van der Waals surface area contributed by atoms with E-state index >= 15 is 0 Å². The molecule has 0 spiro atoms. The molecule has 2 amide bonds. The minimum absolute atomic E-state index is 0.0574. The summed E-state index contributed by atoms with van der Waals surface area (Å²) in [5, 5.41) is 11.3. The highest BCUT2D eigenvalue weighted by molar-refractivity contribution is 6.20. The number of fused-ring (bicyclic) bond motifs is 1. The van der Waals surface area contributed by atoms with Crippen molar-refractivity contribution >= 4 is 23.5 Å². The summed E-state index contributed by atoms with van der Waals surface area (Å²) in [6.45, 7) is 1.48. The van der Waals surface area contributed by atoms with Crippen molar-refractivity contribution in [2.45, 2.75) is 26.1 Å². The Kier molecular flexibility index (Phi) is 5.46. The second-order valence-corrected chi connectivity index (χ2v) is 6.15. The van der Waals surface area contributed by atoms with Crippen molar-refractivity contribution in [1.82, 2.24) is 5.06 Å². The summed E-state index contributed by atoms with van der Waals surface area (Å²) in [7, 11) is 0. The number of ether oxygens (including phenoxy) is 1. The number of carbonyl (C=O) groups excluding carboxylic acids is 3. The van der Waals surface area contributed by atoms with Crippen LogP contribution >= 0.6 is 0 Å². The van der Waals surface area contributed by atoms with E-state index in [1.165, 1.54) is 43.3 Å². The number of imide groups is 1. The molecule has 0 saturated carbocycles. The molecule has 2 aromatic rings. The SMILES string of the molecule is CC(CC(=O)OCc1ccc([N+](=O)[O-])cc1)ON1C(=O)c2ccccc2C1=O. The van der Waals surface area contributed by atoms with Gasteiger partial charge >= 0.3 is 5.97 Å². The van der Waals surface area contributed by atoms with Crippen LogP contribution in [0, 0.1) is 10.1 Å². The fraction of sp³-hybridized carbons (Fsp3) is 0.211. The third kappa shape index (κ3) is 4.04. The van der Waals surface area contributed by atoms with E-state index in [4.69, 9.17) is 9.57 Å². The molecule has 1 atom stereocenters. The molecule has 0 fully saturated rings. The van der Waals surface area contributed by atoms with Crippen LogP contribution in [0.1, 0.15) is 39.6 Å². The normalized spacial score (nSPS) is 14.0. The molecule has 1 aliphatic heterocycles. The minimum Gasteiger partial charge on any atom is -0.461 e. The smallest absolute Gasteiger partial charge is 0.308 e. The van der Waals surface area contributed by atoms with Gasteiger partial charge in [-0.2, -0.15) is 0 Å². The molecule has 0 aromatic heterocycles. The highest BCUT2D eigenvalue weighted by atomic mass is 16.7. The van der Waals surface area contributed by atoms with Gasteiger partial charge < -0.3 is 4.74 Å². The zero-order chi connectivity index (χ0) is 20.3. The maximum atomic E-state index is 12.2. The second-order valence-electron chi connectivity index (χ2n) is 6.15. The van der Waals surface area contributed by atoms with Gasteiger partial charge in [-0.15, -0.1) is 5.06 Å². The quantitative estimate of drug-likeness (QED) is 0.312. The first kappa shape index (κ1) is 19.2. The molecule has 0 N–H and O–H groups in total. The number of amides is 2. The molecule has 0 bridgehead atoms. The largest absolute Gasteiger partial charge is 0.461 e. The molecule has 0 aliphatic carbocycles. The molecule has 1 aliphatic rings. The van der Waals surface area contributed by atoms with Crippen molar-refractivity contribution in [1.29, 1.82) is 0 Å². The Hall–Kier alpha value is -3.59. The van der Waals surface area contributed by atoms with Crippen LogP contribution in [0.3, 0.4) is 0 Å². The van der Waals surface area contributed by atoms with Gasteiger partial charge in [0, 0.05) is 12.1 Å². The molecule has 9 nitrogen and oxygen atoms in total. The fourth-order valence-corrected chi connectivity index (χ4v) is 2.65. The molecule has 1 unspecified atom stereocenters. The summed E-state index contributed by atoms with van der Waals surface area (Å²) in [4.78, 5) is 51.9. The molecule has 0 saturated heterocycles. The molecule has 3 rings (SSSR count). The average molecular weight is 384 g/mol. The lowest BCUT2D eigenvalue weighted by Crippen LogP contribution is -2.34. The lowest BCUT2D eigenvalue weighted by Gasteiger charge is -2.18. The number of carbonyl (C=O) groups is 3. The Bertz CT molecular complexity index is 905. The van der Waals surface area contributed by atoms with Crippen LogP contribution in [0.25, 0.3) is 0 Å². The lowest BCUT2D eigenvalue weighted by molar-refractivity contribution is -0.384. The molecule has 9 heteroatoms.